The van der Waals surface area contributed by atoms with Crippen LogP contribution in [0.25, 0.3) is 6.08 Å². The Kier molecular flexibility index (Phi) is 7.50. The normalized spacial score (nSPS) is 10.8. The largest absolute Gasteiger partial charge is 0.497 e. The van der Waals surface area contributed by atoms with Gasteiger partial charge < -0.3 is 15.4 Å². The van der Waals surface area contributed by atoms with Gasteiger partial charge in [0.05, 0.1) is 12.0 Å². The predicted molar refractivity (Wildman–Crippen MR) is 127 cm³/mol. The molecule has 9 heteroatoms. The molecule has 0 bridgehead atoms. The van der Waals surface area contributed by atoms with Crippen LogP contribution in [0.4, 0.5) is 11.4 Å². The van der Waals surface area contributed by atoms with Crippen molar-refractivity contribution in [2.24, 2.45) is 0 Å². The number of carbonyl (C=O) groups is 3. The molecule has 2 N–H and O–H groups in total. The van der Waals surface area contributed by atoms with Gasteiger partial charge >= 0.3 is 0 Å². The summed E-state index contributed by atoms with van der Waals surface area (Å²) in [4.78, 5) is 47.6. The number of hydrogen-bond acceptors (Lipinski definition) is 6. The zero-order valence-electron chi connectivity index (χ0n) is 18.4. The molecule has 0 saturated heterocycles. The molecule has 3 aromatic carbocycles. The highest BCUT2D eigenvalue weighted by Gasteiger charge is 2.16. The molecule has 0 aliphatic heterocycles. The molecule has 9 nitrogen and oxygen atoms in total. The predicted octanol–water partition coefficient (Wildman–Crippen LogP) is 4.22. The Hall–Kier alpha value is -4.79. The number of ether oxygens (including phenoxy) is 1. The van der Waals surface area contributed by atoms with Crippen LogP contribution in [0.1, 0.15) is 33.2 Å². The molecule has 0 aliphatic carbocycles. The monoisotopic (exact) mass is 459 g/mol. The van der Waals surface area contributed by atoms with E-state index in [4.69, 9.17) is 4.74 Å². The van der Waals surface area contributed by atoms with Crippen LogP contribution in [-0.4, -0.2) is 29.6 Å². The topological polar surface area (TPSA) is 128 Å². The minimum absolute atomic E-state index is 0.0784. The zero-order valence-corrected chi connectivity index (χ0v) is 18.4. The van der Waals surface area contributed by atoms with Gasteiger partial charge in [-0.2, -0.15) is 0 Å². The van der Waals surface area contributed by atoms with Crippen LogP contribution in [-0.2, 0) is 4.79 Å². The number of carbonyl (C=O) groups excluding carboxylic acids is 3. The van der Waals surface area contributed by atoms with Crippen LogP contribution in [0.2, 0.25) is 0 Å². The van der Waals surface area contributed by atoms with Crippen molar-refractivity contribution in [3.63, 3.8) is 0 Å². The second-order valence-electron chi connectivity index (χ2n) is 7.18. The van der Waals surface area contributed by atoms with Crippen molar-refractivity contribution in [1.82, 2.24) is 5.32 Å². The average molecular weight is 459 g/mol. The summed E-state index contributed by atoms with van der Waals surface area (Å²) in [5.41, 5.74) is 1.50. The Labute approximate surface area is 195 Å². The second kappa shape index (κ2) is 10.7. The standard InChI is InChI=1S/C25H21N3O6/c1-16(29)18-5-9-20(10-6-18)26-25(31)23(15-17-3-11-21(12-4-17)28(32)33)27-24(30)19-7-13-22(34-2)14-8-19/h3-15H,1-2H3,(H,26,31)(H,27,30)/b23-15-. The number of rotatable bonds is 8. The Morgan fingerprint density at radius 2 is 1.47 bits per heavy atom. The number of ketones is 1. The number of methoxy groups -OCH3 is 1. The van der Waals surface area contributed by atoms with E-state index >= 15 is 0 Å². The van der Waals surface area contributed by atoms with Crippen molar-refractivity contribution in [2.75, 3.05) is 12.4 Å². The molecule has 172 valence electrons. The first kappa shape index (κ1) is 23.9. The van der Waals surface area contributed by atoms with Gasteiger partial charge in [0.15, 0.2) is 5.78 Å². The number of amides is 2. The lowest BCUT2D eigenvalue weighted by atomic mass is 10.1. The smallest absolute Gasteiger partial charge is 0.272 e. The van der Waals surface area contributed by atoms with E-state index in [-0.39, 0.29) is 17.2 Å². The summed E-state index contributed by atoms with van der Waals surface area (Å²) in [7, 11) is 1.51. The van der Waals surface area contributed by atoms with E-state index < -0.39 is 16.7 Å². The van der Waals surface area contributed by atoms with Gasteiger partial charge in [-0.1, -0.05) is 0 Å². The number of nitrogens with zero attached hydrogens (tertiary/aromatic N) is 1. The van der Waals surface area contributed by atoms with Crippen molar-refractivity contribution >= 4 is 35.0 Å². The minimum Gasteiger partial charge on any atom is -0.497 e. The van der Waals surface area contributed by atoms with Crippen LogP contribution in [0.3, 0.4) is 0 Å². The zero-order chi connectivity index (χ0) is 24.7. The van der Waals surface area contributed by atoms with Gasteiger partial charge in [0, 0.05) is 28.9 Å². The van der Waals surface area contributed by atoms with E-state index in [1.165, 1.54) is 44.4 Å². The molecule has 0 atom stereocenters. The number of nitro groups is 1. The lowest BCUT2D eigenvalue weighted by molar-refractivity contribution is -0.384. The van der Waals surface area contributed by atoms with E-state index in [9.17, 15) is 24.5 Å². The maximum Gasteiger partial charge on any atom is 0.272 e. The highest BCUT2D eigenvalue weighted by atomic mass is 16.6. The molecule has 3 rings (SSSR count). The van der Waals surface area contributed by atoms with Crippen LogP contribution in [0, 0.1) is 10.1 Å². The van der Waals surface area contributed by atoms with Crippen molar-refractivity contribution < 1.29 is 24.0 Å². The summed E-state index contributed by atoms with van der Waals surface area (Å²) in [5.74, 6) is -0.679. The first-order chi connectivity index (χ1) is 16.3. The quantitative estimate of drug-likeness (QED) is 0.225. The molecule has 3 aromatic rings. The van der Waals surface area contributed by atoms with Crippen molar-refractivity contribution in [1.29, 1.82) is 0 Å². The molecule has 0 heterocycles. The third-order valence-corrected chi connectivity index (χ3v) is 4.81. The Morgan fingerprint density at radius 3 is 2.00 bits per heavy atom. The molecule has 0 aromatic heterocycles. The van der Waals surface area contributed by atoms with E-state index in [1.54, 1.807) is 48.5 Å². The molecule has 0 unspecified atom stereocenters. The first-order valence-corrected chi connectivity index (χ1v) is 10.1. The van der Waals surface area contributed by atoms with Crippen molar-refractivity contribution in [3.05, 3.63) is 105 Å². The van der Waals surface area contributed by atoms with Gasteiger partial charge in [-0.25, -0.2) is 0 Å². The van der Waals surface area contributed by atoms with Crippen LogP contribution < -0.4 is 15.4 Å². The molecule has 34 heavy (non-hydrogen) atoms. The second-order valence-corrected chi connectivity index (χ2v) is 7.18. The first-order valence-electron chi connectivity index (χ1n) is 10.1. The summed E-state index contributed by atoms with van der Waals surface area (Å²) >= 11 is 0. The number of non-ortho nitro benzene ring substituents is 1. The van der Waals surface area contributed by atoms with E-state index in [1.807, 2.05) is 0 Å². The average Bonchev–Trinajstić information content (AvgIpc) is 2.84. The summed E-state index contributed by atoms with van der Waals surface area (Å²) < 4.78 is 5.09. The van der Waals surface area contributed by atoms with Gasteiger partial charge in [-0.3, -0.25) is 24.5 Å². The number of nitrogens with one attached hydrogen (secondary N) is 2. The summed E-state index contributed by atoms with van der Waals surface area (Å²) in [6.07, 6.45) is 1.41. The van der Waals surface area contributed by atoms with Crippen LogP contribution in [0.5, 0.6) is 5.75 Å². The highest BCUT2D eigenvalue weighted by Crippen LogP contribution is 2.17. The maximum absolute atomic E-state index is 13.0. The van der Waals surface area contributed by atoms with E-state index in [0.29, 0.717) is 28.1 Å². The molecular formula is C25H21N3O6. The molecule has 0 spiro atoms. The SMILES string of the molecule is COc1ccc(C(=O)N/C(=C\c2ccc([N+](=O)[O-])cc2)C(=O)Nc2ccc(C(C)=O)cc2)cc1. The molecule has 0 radical (unpaired) electrons. The third-order valence-electron chi connectivity index (χ3n) is 4.81. The van der Waals surface area contributed by atoms with Gasteiger partial charge in [0.25, 0.3) is 17.5 Å². The lowest BCUT2D eigenvalue weighted by Crippen LogP contribution is -2.30. The fourth-order valence-electron chi connectivity index (χ4n) is 2.94. The number of benzene rings is 3. The summed E-state index contributed by atoms with van der Waals surface area (Å²) in [6.45, 7) is 1.44. The van der Waals surface area contributed by atoms with Gasteiger partial charge in [-0.15, -0.1) is 0 Å². The minimum atomic E-state index is -0.615. The van der Waals surface area contributed by atoms with Gasteiger partial charge in [0.1, 0.15) is 11.4 Å². The van der Waals surface area contributed by atoms with Gasteiger partial charge in [0.2, 0.25) is 0 Å². The molecular weight excluding hydrogens is 438 g/mol. The Bertz CT molecular complexity index is 1250. The molecule has 0 aliphatic rings. The molecule has 2 amide bonds. The summed E-state index contributed by atoms with van der Waals surface area (Å²) in [5, 5.41) is 16.2. The summed E-state index contributed by atoms with van der Waals surface area (Å²) in [6, 6.07) is 18.2. The lowest BCUT2D eigenvalue weighted by Gasteiger charge is -2.12. The molecule has 0 fully saturated rings. The maximum atomic E-state index is 13.0. The van der Waals surface area contributed by atoms with Crippen molar-refractivity contribution in [3.8, 4) is 5.75 Å². The van der Waals surface area contributed by atoms with E-state index in [2.05, 4.69) is 10.6 Å². The highest BCUT2D eigenvalue weighted by molar-refractivity contribution is 6.10. The number of nitro benzene ring substituents is 1. The molecule has 0 saturated carbocycles. The van der Waals surface area contributed by atoms with Crippen LogP contribution in [0.15, 0.2) is 78.5 Å². The van der Waals surface area contributed by atoms with Gasteiger partial charge in [-0.05, 0) is 79.2 Å². The number of anilines is 1. The Morgan fingerprint density at radius 1 is 0.882 bits per heavy atom. The number of hydrogen-bond donors (Lipinski definition) is 2. The van der Waals surface area contributed by atoms with E-state index in [0.717, 1.165) is 0 Å². The third kappa shape index (κ3) is 6.13. The van der Waals surface area contributed by atoms with Crippen LogP contribution >= 0.6 is 0 Å². The fraction of sp³-hybridized carbons (Fsp3) is 0.0800. The Balaban J connectivity index is 1.87. The number of Topliss-reactive ketones (excluding diaryl/α,β-unsaturated/α-hetero) is 1. The fourth-order valence-corrected chi connectivity index (χ4v) is 2.94. The van der Waals surface area contributed by atoms with Crippen molar-refractivity contribution in [2.45, 2.75) is 6.92 Å².